The van der Waals surface area contributed by atoms with Crippen LogP contribution in [0.1, 0.15) is 6.42 Å². The van der Waals surface area contributed by atoms with Crippen molar-refractivity contribution in [3.8, 4) is 22.3 Å². The summed E-state index contributed by atoms with van der Waals surface area (Å²) >= 11 is 12.5. The van der Waals surface area contributed by atoms with E-state index in [-0.39, 0.29) is 0 Å². The van der Waals surface area contributed by atoms with Crippen molar-refractivity contribution >= 4 is 34.1 Å². The molecule has 2 aromatic heterocycles. The minimum atomic E-state index is 0.720. The van der Waals surface area contributed by atoms with E-state index in [1.807, 2.05) is 48.8 Å². The fourth-order valence-corrected chi connectivity index (χ4v) is 4.02. The van der Waals surface area contributed by atoms with E-state index in [9.17, 15) is 0 Å². The Hall–Kier alpha value is -2.33. The average molecular weight is 424 g/mol. The standard InChI is InChI=1S/C24H23Cl2N3/c1-28(2)9-4-10-29-16-23(22-13-21(26)7-8-24(22)29)19-11-18(14-27-15-19)17-5-3-6-20(25)12-17/h3,5-8,11-16H,4,9-10H2,1-2H3. The van der Waals surface area contributed by atoms with Crippen molar-refractivity contribution in [1.82, 2.24) is 14.5 Å². The van der Waals surface area contributed by atoms with Gasteiger partial charge >= 0.3 is 0 Å². The highest BCUT2D eigenvalue weighted by atomic mass is 35.5. The summed E-state index contributed by atoms with van der Waals surface area (Å²) in [4.78, 5) is 6.71. The Bertz CT molecular complexity index is 1150. The zero-order chi connectivity index (χ0) is 20.4. The number of rotatable bonds is 6. The van der Waals surface area contributed by atoms with Crippen LogP contribution in [0.4, 0.5) is 0 Å². The van der Waals surface area contributed by atoms with E-state index in [1.54, 1.807) is 0 Å². The molecule has 148 valence electrons. The number of fused-ring (bicyclic) bond motifs is 1. The van der Waals surface area contributed by atoms with E-state index < -0.39 is 0 Å². The molecule has 5 heteroatoms. The van der Waals surface area contributed by atoms with Crippen LogP contribution in [0.5, 0.6) is 0 Å². The summed E-state index contributed by atoms with van der Waals surface area (Å²) < 4.78 is 2.32. The molecule has 4 rings (SSSR count). The molecule has 0 atom stereocenters. The summed E-state index contributed by atoms with van der Waals surface area (Å²) in [6, 6.07) is 16.1. The van der Waals surface area contributed by atoms with Gasteiger partial charge in [-0.05, 0) is 69.0 Å². The molecule has 4 aromatic rings. The highest BCUT2D eigenvalue weighted by molar-refractivity contribution is 6.31. The van der Waals surface area contributed by atoms with Crippen LogP contribution in [0.3, 0.4) is 0 Å². The van der Waals surface area contributed by atoms with Gasteiger partial charge in [-0.2, -0.15) is 0 Å². The molecule has 3 nitrogen and oxygen atoms in total. The Morgan fingerprint density at radius 3 is 2.48 bits per heavy atom. The molecule has 29 heavy (non-hydrogen) atoms. The first-order chi connectivity index (χ1) is 14.0. The van der Waals surface area contributed by atoms with Crippen LogP contribution in [0.25, 0.3) is 33.2 Å². The van der Waals surface area contributed by atoms with Crippen LogP contribution in [0, 0.1) is 0 Å². The maximum absolute atomic E-state index is 6.33. The lowest BCUT2D eigenvalue weighted by atomic mass is 10.0. The molecule has 0 bridgehead atoms. The first-order valence-corrected chi connectivity index (χ1v) is 10.4. The lowest BCUT2D eigenvalue weighted by molar-refractivity contribution is 0.388. The van der Waals surface area contributed by atoms with Crippen molar-refractivity contribution in [1.29, 1.82) is 0 Å². The molecule has 0 aliphatic heterocycles. The van der Waals surface area contributed by atoms with Gasteiger partial charge in [0.2, 0.25) is 0 Å². The molecular weight excluding hydrogens is 401 g/mol. The SMILES string of the molecule is CN(C)CCCn1cc(-c2cncc(-c3cccc(Cl)c3)c2)c2cc(Cl)ccc21. The fourth-order valence-electron chi connectivity index (χ4n) is 3.65. The number of hydrogen-bond acceptors (Lipinski definition) is 2. The van der Waals surface area contributed by atoms with E-state index >= 15 is 0 Å². The number of nitrogens with zero attached hydrogens (tertiary/aromatic N) is 3. The molecule has 0 aliphatic carbocycles. The lowest BCUT2D eigenvalue weighted by Gasteiger charge is -2.10. The summed E-state index contributed by atoms with van der Waals surface area (Å²) in [6.45, 7) is 2.01. The van der Waals surface area contributed by atoms with Crippen molar-refractivity contribution in [2.75, 3.05) is 20.6 Å². The summed E-state index contributed by atoms with van der Waals surface area (Å²) in [7, 11) is 4.21. The topological polar surface area (TPSA) is 21.1 Å². The molecule has 0 aliphatic rings. The van der Waals surface area contributed by atoms with Gasteiger partial charge in [0.25, 0.3) is 0 Å². The molecule has 0 N–H and O–H groups in total. The minimum absolute atomic E-state index is 0.720. The Morgan fingerprint density at radius 2 is 1.69 bits per heavy atom. The number of pyridine rings is 1. The van der Waals surface area contributed by atoms with E-state index in [4.69, 9.17) is 23.2 Å². The van der Waals surface area contributed by atoms with Crippen LogP contribution in [0.2, 0.25) is 10.0 Å². The van der Waals surface area contributed by atoms with E-state index in [0.717, 1.165) is 57.2 Å². The molecule has 0 unspecified atom stereocenters. The van der Waals surface area contributed by atoms with Crippen molar-refractivity contribution < 1.29 is 0 Å². The first kappa shape index (κ1) is 20.0. The molecule has 2 heterocycles. The van der Waals surface area contributed by atoms with Crippen LogP contribution in [-0.4, -0.2) is 35.1 Å². The van der Waals surface area contributed by atoms with Crippen molar-refractivity contribution in [3.63, 3.8) is 0 Å². The molecule has 0 radical (unpaired) electrons. The first-order valence-electron chi connectivity index (χ1n) is 9.66. The zero-order valence-electron chi connectivity index (χ0n) is 16.6. The minimum Gasteiger partial charge on any atom is -0.347 e. The Balaban J connectivity index is 1.77. The molecule has 0 fully saturated rings. The van der Waals surface area contributed by atoms with Crippen LogP contribution >= 0.6 is 23.2 Å². The smallest absolute Gasteiger partial charge is 0.0487 e. The summed E-state index contributed by atoms with van der Waals surface area (Å²) in [5.41, 5.74) is 5.50. The van der Waals surface area contributed by atoms with Gasteiger partial charge in [0.15, 0.2) is 0 Å². The maximum Gasteiger partial charge on any atom is 0.0487 e. The largest absolute Gasteiger partial charge is 0.347 e. The van der Waals surface area contributed by atoms with Gasteiger partial charge in [-0.3, -0.25) is 4.98 Å². The summed E-state index contributed by atoms with van der Waals surface area (Å²) in [5.74, 6) is 0. The molecular formula is C24H23Cl2N3. The number of aromatic nitrogens is 2. The van der Waals surface area contributed by atoms with Gasteiger partial charge in [-0.25, -0.2) is 0 Å². The van der Waals surface area contributed by atoms with Crippen molar-refractivity contribution in [3.05, 3.63) is 77.2 Å². The van der Waals surface area contributed by atoms with Gasteiger partial charge in [-0.1, -0.05) is 35.3 Å². The summed E-state index contributed by atoms with van der Waals surface area (Å²) in [6.07, 6.45) is 7.08. The fraction of sp³-hybridized carbons (Fsp3) is 0.208. The summed E-state index contributed by atoms with van der Waals surface area (Å²) in [5, 5.41) is 2.60. The number of hydrogen-bond donors (Lipinski definition) is 0. The Kier molecular flexibility index (Phi) is 5.91. The van der Waals surface area contributed by atoms with E-state index in [1.165, 1.54) is 5.52 Å². The average Bonchev–Trinajstić information content (AvgIpc) is 3.05. The van der Waals surface area contributed by atoms with Crippen LogP contribution in [0.15, 0.2) is 67.1 Å². The van der Waals surface area contributed by atoms with Gasteiger partial charge < -0.3 is 9.47 Å². The van der Waals surface area contributed by atoms with Crippen LogP contribution < -0.4 is 0 Å². The van der Waals surface area contributed by atoms with E-state index in [2.05, 4.69) is 46.9 Å². The molecule has 0 spiro atoms. The normalized spacial score (nSPS) is 11.5. The Labute approximate surface area is 181 Å². The second-order valence-corrected chi connectivity index (χ2v) is 8.40. The number of benzene rings is 2. The predicted octanol–water partition coefficient (Wildman–Crippen LogP) is 6.63. The monoisotopic (exact) mass is 423 g/mol. The maximum atomic E-state index is 6.33. The quantitative estimate of drug-likeness (QED) is 0.346. The molecule has 0 saturated heterocycles. The van der Waals surface area contributed by atoms with E-state index in [0.29, 0.717) is 0 Å². The van der Waals surface area contributed by atoms with Gasteiger partial charge in [-0.15, -0.1) is 0 Å². The van der Waals surface area contributed by atoms with Gasteiger partial charge in [0.05, 0.1) is 0 Å². The third-order valence-electron chi connectivity index (χ3n) is 5.05. The zero-order valence-corrected chi connectivity index (χ0v) is 18.1. The highest BCUT2D eigenvalue weighted by Gasteiger charge is 2.12. The third-order valence-corrected chi connectivity index (χ3v) is 5.52. The molecule has 0 amide bonds. The number of halogens is 2. The number of aryl methyl sites for hydroxylation is 1. The van der Waals surface area contributed by atoms with Crippen molar-refractivity contribution in [2.24, 2.45) is 0 Å². The van der Waals surface area contributed by atoms with Gasteiger partial charge in [0.1, 0.15) is 0 Å². The lowest BCUT2D eigenvalue weighted by Crippen LogP contribution is -2.14. The van der Waals surface area contributed by atoms with Crippen LogP contribution in [-0.2, 0) is 6.54 Å². The third kappa shape index (κ3) is 4.48. The van der Waals surface area contributed by atoms with Gasteiger partial charge in [0, 0.05) is 62.8 Å². The Morgan fingerprint density at radius 1 is 0.897 bits per heavy atom. The molecule has 2 aromatic carbocycles. The second-order valence-electron chi connectivity index (χ2n) is 7.53. The van der Waals surface area contributed by atoms with Crippen molar-refractivity contribution in [2.45, 2.75) is 13.0 Å². The highest BCUT2D eigenvalue weighted by Crippen LogP contribution is 2.34. The molecule has 0 saturated carbocycles. The predicted molar refractivity (Wildman–Crippen MR) is 124 cm³/mol. The second kappa shape index (κ2) is 8.58.